The molecule has 0 radical (unpaired) electrons. The molecule has 160 valence electrons. The molecule has 0 saturated carbocycles. The number of carbonyl (C=O) groups is 1. The number of para-hydroxylation sites is 1. The number of carbonyl (C=O) groups excluding carboxylic acids is 1. The average molecular weight is 449 g/mol. The van der Waals surface area contributed by atoms with Crippen molar-refractivity contribution >= 4 is 29.0 Å². The second kappa shape index (κ2) is 9.53. The van der Waals surface area contributed by atoms with Crippen LogP contribution in [0.25, 0.3) is 0 Å². The number of furan rings is 1. The number of nitrogens with two attached hydrogens (primary N) is 1. The molecule has 0 bridgehead atoms. The van der Waals surface area contributed by atoms with Crippen LogP contribution < -0.4 is 5.73 Å². The van der Waals surface area contributed by atoms with Crippen molar-refractivity contribution in [2.45, 2.75) is 12.8 Å². The van der Waals surface area contributed by atoms with E-state index in [2.05, 4.69) is 4.99 Å². The van der Waals surface area contributed by atoms with Gasteiger partial charge in [0.1, 0.15) is 18.1 Å². The number of nitrogens with zero attached hydrogens (tertiary/aromatic N) is 1. The van der Waals surface area contributed by atoms with Gasteiger partial charge in [-0.05, 0) is 42.5 Å². The summed E-state index contributed by atoms with van der Waals surface area (Å²) in [7, 11) is 0. The van der Waals surface area contributed by atoms with Gasteiger partial charge in [-0.25, -0.2) is 9.79 Å². The topological polar surface area (TPSA) is 77.8 Å². The first-order chi connectivity index (χ1) is 14.7. The normalized spacial score (nSPS) is 12.6. The Kier molecular flexibility index (Phi) is 6.81. The summed E-state index contributed by atoms with van der Waals surface area (Å²) in [6.07, 6.45) is -2.55. The summed E-state index contributed by atoms with van der Waals surface area (Å²) in [5, 5.41) is 0.261. The number of allylic oxidation sites excluding steroid dienone is 2. The molecule has 0 atom stereocenters. The van der Waals surface area contributed by atoms with Crippen molar-refractivity contribution in [1.82, 2.24) is 0 Å². The highest BCUT2D eigenvalue weighted by Gasteiger charge is 2.31. The third kappa shape index (κ3) is 5.99. The molecule has 9 heteroatoms. The maximum absolute atomic E-state index is 13.0. The van der Waals surface area contributed by atoms with Crippen molar-refractivity contribution < 1.29 is 27.1 Å². The lowest BCUT2D eigenvalue weighted by Gasteiger charge is -2.10. The Morgan fingerprint density at radius 1 is 1.06 bits per heavy atom. The molecule has 1 heterocycles. The minimum atomic E-state index is -4.73. The monoisotopic (exact) mass is 448 g/mol. The molecular formula is C22H16ClF3N2O3. The van der Waals surface area contributed by atoms with Crippen LogP contribution in [0.2, 0.25) is 5.02 Å². The average Bonchev–Trinajstić information content (AvgIpc) is 3.26. The van der Waals surface area contributed by atoms with Crippen LogP contribution in [0, 0.1) is 0 Å². The predicted molar refractivity (Wildman–Crippen MR) is 110 cm³/mol. The highest BCUT2D eigenvalue weighted by molar-refractivity contribution is 6.33. The van der Waals surface area contributed by atoms with Gasteiger partial charge in [-0.1, -0.05) is 35.9 Å². The van der Waals surface area contributed by atoms with Crippen LogP contribution in [0.4, 0.5) is 18.9 Å². The SMILES string of the molecule is N/C(=C\C(=Nc1ccccc1Cl)c1ccc(C(=O)OCc2ccco2)cc1)C(F)(F)F. The van der Waals surface area contributed by atoms with Gasteiger partial charge >= 0.3 is 12.1 Å². The molecule has 0 spiro atoms. The van der Waals surface area contributed by atoms with Crippen molar-refractivity contribution in [3.05, 3.63) is 101 Å². The molecule has 0 unspecified atom stereocenters. The van der Waals surface area contributed by atoms with Crippen LogP contribution in [0.1, 0.15) is 21.7 Å². The Balaban J connectivity index is 1.88. The van der Waals surface area contributed by atoms with Gasteiger partial charge in [0.15, 0.2) is 0 Å². The molecule has 0 saturated heterocycles. The van der Waals surface area contributed by atoms with Crippen molar-refractivity contribution in [1.29, 1.82) is 0 Å². The standard InChI is InChI=1S/C22H16ClF3N2O3/c23-17-5-1-2-6-18(17)28-19(12-20(27)22(24,25)26)14-7-9-15(10-8-14)21(29)31-13-16-4-3-11-30-16/h1-12H,13,27H2/b20-12-,28-19?. The molecule has 2 aromatic carbocycles. The summed E-state index contributed by atoms with van der Waals surface area (Å²) in [4.78, 5) is 16.4. The van der Waals surface area contributed by atoms with E-state index in [4.69, 9.17) is 26.5 Å². The first-order valence-corrected chi connectivity index (χ1v) is 9.29. The van der Waals surface area contributed by atoms with E-state index in [0.717, 1.165) is 0 Å². The maximum atomic E-state index is 13.0. The summed E-state index contributed by atoms with van der Waals surface area (Å²) >= 11 is 6.08. The fourth-order valence-electron chi connectivity index (χ4n) is 2.47. The Morgan fingerprint density at radius 3 is 2.35 bits per heavy atom. The van der Waals surface area contributed by atoms with Crippen molar-refractivity contribution in [3.63, 3.8) is 0 Å². The van der Waals surface area contributed by atoms with E-state index < -0.39 is 17.8 Å². The second-order valence-corrected chi connectivity index (χ2v) is 6.69. The molecule has 0 aliphatic rings. The van der Waals surface area contributed by atoms with Crippen LogP contribution in [0.5, 0.6) is 0 Å². The summed E-state index contributed by atoms with van der Waals surface area (Å²) in [6.45, 7) is -0.0440. The van der Waals surface area contributed by atoms with E-state index in [1.54, 1.807) is 36.4 Å². The second-order valence-electron chi connectivity index (χ2n) is 6.28. The Bertz CT molecular complexity index is 1110. The lowest BCUT2D eigenvalue weighted by Crippen LogP contribution is -2.21. The third-order valence-corrected chi connectivity index (χ3v) is 4.37. The minimum absolute atomic E-state index is 0.0440. The lowest BCUT2D eigenvalue weighted by atomic mass is 10.1. The van der Waals surface area contributed by atoms with Gasteiger partial charge in [0.05, 0.1) is 28.2 Å². The number of benzene rings is 2. The molecule has 0 amide bonds. The molecular weight excluding hydrogens is 433 g/mol. The molecule has 3 rings (SSSR count). The number of rotatable bonds is 6. The van der Waals surface area contributed by atoms with Gasteiger partial charge in [-0.15, -0.1) is 0 Å². The first kappa shape index (κ1) is 22.2. The van der Waals surface area contributed by atoms with Gasteiger partial charge in [0, 0.05) is 5.56 Å². The predicted octanol–water partition coefficient (Wildman–Crippen LogP) is 5.82. The molecule has 2 N–H and O–H groups in total. The highest BCUT2D eigenvalue weighted by atomic mass is 35.5. The fourth-order valence-corrected chi connectivity index (χ4v) is 2.65. The van der Waals surface area contributed by atoms with E-state index in [-0.39, 0.29) is 28.6 Å². The number of halogens is 4. The number of ether oxygens (including phenoxy) is 1. The van der Waals surface area contributed by atoms with Crippen molar-refractivity contribution in [2.75, 3.05) is 0 Å². The molecule has 5 nitrogen and oxygen atoms in total. The smallest absolute Gasteiger partial charge is 0.430 e. The van der Waals surface area contributed by atoms with Crippen LogP contribution in [-0.4, -0.2) is 17.9 Å². The molecule has 0 aliphatic heterocycles. The number of hydrogen-bond donors (Lipinski definition) is 1. The Morgan fingerprint density at radius 2 is 1.74 bits per heavy atom. The van der Waals surface area contributed by atoms with E-state index in [1.807, 2.05) is 0 Å². The molecule has 3 aromatic rings. The molecule has 31 heavy (non-hydrogen) atoms. The number of hydrogen-bond acceptors (Lipinski definition) is 5. The first-order valence-electron chi connectivity index (χ1n) is 8.91. The van der Waals surface area contributed by atoms with Crippen LogP contribution in [0.15, 0.2) is 88.1 Å². The highest BCUT2D eigenvalue weighted by Crippen LogP contribution is 2.27. The van der Waals surface area contributed by atoms with Gasteiger partial charge in [0.2, 0.25) is 0 Å². The van der Waals surface area contributed by atoms with Crippen LogP contribution in [0.3, 0.4) is 0 Å². The van der Waals surface area contributed by atoms with Crippen LogP contribution >= 0.6 is 11.6 Å². The molecule has 0 fully saturated rings. The van der Waals surface area contributed by atoms with E-state index in [1.165, 1.54) is 30.5 Å². The van der Waals surface area contributed by atoms with Crippen molar-refractivity contribution in [2.24, 2.45) is 10.7 Å². The molecule has 1 aromatic heterocycles. The third-order valence-electron chi connectivity index (χ3n) is 4.05. The van der Waals surface area contributed by atoms with Gasteiger partial charge in [-0.2, -0.15) is 13.2 Å². The summed E-state index contributed by atoms with van der Waals surface area (Å²) in [6, 6.07) is 15.5. The largest absolute Gasteiger partial charge is 0.466 e. The van der Waals surface area contributed by atoms with Crippen LogP contribution in [-0.2, 0) is 11.3 Å². The number of alkyl halides is 3. The molecule has 0 aliphatic carbocycles. The minimum Gasteiger partial charge on any atom is -0.466 e. The zero-order chi connectivity index (χ0) is 22.4. The van der Waals surface area contributed by atoms with Gasteiger partial charge in [-0.3, -0.25) is 0 Å². The lowest BCUT2D eigenvalue weighted by molar-refractivity contribution is -0.0925. The summed E-state index contributed by atoms with van der Waals surface area (Å²) in [5.74, 6) is -0.134. The van der Waals surface area contributed by atoms with Gasteiger partial charge < -0.3 is 14.9 Å². The van der Waals surface area contributed by atoms with E-state index in [9.17, 15) is 18.0 Å². The fraction of sp³-hybridized carbons (Fsp3) is 0.0909. The number of aliphatic imine (C=N–C) groups is 1. The van der Waals surface area contributed by atoms with E-state index in [0.29, 0.717) is 17.4 Å². The summed E-state index contributed by atoms with van der Waals surface area (Å²) < 4.78 is 49.1. The zero-order valence-corrected chi connectivity index (χ0v) is 16.7. The summed E-state index contributed by atoms with van der Waals surface area (Å²) in [5.41, 5.74) is 4.57. The quantitative estimate of drug-likeness (QED) is 0.381. The Hall–Kier alpha value is -3.52. The number of esters is 1. The maximum Gasteiger partial charge on any atom is 0.430 e. The zero-order valence-electron chi connectivity index (χ0n) is 15.9. The van der Waals surface area contributed by atoms with Gasteiger partial charge in [0.25, 0.3) is 0 Å². The van der Waals surface area contributed by atoms with E-state index >= 15 is 0 Å². The Labute approximate surface area is 180 Å². The van der Waals surface area contributed by atoms with Crippen molar-refractivity contribution in [3.8, 4) is 0 Å².